The molecule has 62 heavy (non-hydrogen) atoms. The fourth-order valence-corrected chi connectivity index (χ4v) is 8.28. The molecule has 0 bridgehead atoms. The van der Waals surface area contributed by atoms with Gasteiger partial charge in [0.1, 0.15) is 23.7 Å². The maximum Gasteiger partial charge on any atom is 0.272 e. The molecular weight excluding hydrogens is 781 g/mol. The van der Waals surface area contributed by atoms with Gasteiger partial charge in [0.2, 0.25) is 11.8 Å². The topological polar surface area (TPSA) is 159 Å². The number of nitrogens with one attached hydrogen (secondary N) is 4. The van der Waals surface area contributed by atoms with E-state index in [9.17, 15) is 19.2 Å². The summed E-state index contributed by atoms with van der Waals surface area (Å²) in [4.78, 5) is 65.8. The van der Waals surface area contributed by atoms with Crippen LogP contribution in [0.2, 0.25) is 0 Å². The molecule has 2 aliphatic rings. The lowest BCUT2D eigenvalue weighted by Crippen LogP contribution is -2.53. The van der Waals surface area contributed by atoms with Gasteiger partial charge in [-0.1, -0.05) is 114 Å². The van der Waals surface area contributed by atoms with Crippen LogP contribution in [-0.2, 0) is 35.8 Å². The van der Waals surface area contributed by atoms with Crippen LogP contribution < -0.4 is 21.3 Å². The van der Waals surface area contributed by atoms with Crippen molar-refractivity contribution in [2.24, 2.45) is 10.8 Å². The zero-order chi connectivity index (χ0) is 44.9. The number of hydrogen-bond acceptors (Lipinski definition) is 8. The summed E-state index contributed by atoms with van der Waals surface area (Å²) in [6.45, 7) is 16.4. The summed E-state index contributed by atoms with van der Waals surface area (Å²) in [7, 11) is 7.28. The average Bonchev–Trinajstić information content (AvgIpc) is 3.62. The van der Waals surface area contributed by atoms with Gasteiger partial charge in [0.15, 0.2) is 11.4 Å². The number of imidazole rings is 2. The second-order valence-electron chi connectivity index (χ2n) is 18.6. The van der Waals surface area contributed by atoms with Gasteiger partial charge in [-0.05, 0) is 61.6 Å². The number of amides is 4. The first-order valence-corrected chi connectivity index (χ1v) is 21.6. The Morgan fingerprint density at radius 1 is 0.581 bits per heavy atom. The normalized spacial score (nSPS) is 15.7. The highest BCUT2D eigenvalue weighted by molar-refractivity contribution is 6.00. The van der Waals surface area contributed by atoms with Gasteiger partial charge < -0.3 is 40.2 Å². The molecule has 14 nitrogen and oxygen atoms in total. The molecule has 7 rings (SSSR count). The van der Waals surface area contributed by atoms with Crippen molar-refractivity contribution in [1.29, 1.82) is 0 Å². The Hall–Kier alpha value is -5.86. The minimum absolute atomic E-state index is 0.212. The van der Waals surface area contributed by atoms with Gasteiger partial charge in [0.05, 0.1) is 11.4 Å². The van der Waals surface area contributed by atoms with E-state index in [4.69, 9.17) is 9.97 Å². The molecule has 5 aromatic rings. The summed E-state index contributed by atoms with van der Waals surface area (Å²) in [5, 5.41) is 13.5. The largest absolute Gasteiger partial charge is 0.357 e. The number of carbonyl (C=O) groups excluding carboxylic acids is 4. The number of likely N-dealkylation sites (N-methyl/N-ethyl adjacent to an activating group) is 2. The lowest BCUT2D eigenvalue weighted by molar-refractivity contribution is -0.125. The van der Waals surface area contributed by atoms with E-state index >= 15 is 0 Å². The van der Waals surface area contributed by atoms with Crippen molar-refractivity contribution in [1.82, 2.24) is 50.2 Å². The fraction of sp³-hybridized carbons (Fsp3) is 0.458. The van der Waals surface area contributed by atoms with Crippen LogP contribution in [0.15, 0.2) is 72.8 Å². The third kappa shape index (κ3) is 10.1. The Balaban J connectivity index is 0.000000209. The van der Waals surface area contributed by atoms with E-state index in [0.717, 1.165) is 84.0 Å². The second kappa shape index (κ2) is 19.0. The first-order chi connectivity index (χ1) is 29.4. The first kappa shape index (κ1) is 45.7. The maximum absolute atomic E-state index is 13.5. The lowest BCUT2D eigenvalue weighted by Gasteiger charge is -2.29. The number of aromatic nitrogens is 4. The smallest absolute Gasteiger partial charge is 0.272 e. The molecule has 3 aromatic carbocycles. The van der Waals surface area contributed by atoms with Gasteiger partial charge in [-0.25, -0.2) is 9.97 Å². The zero-order valence-corrected chi connectivity index (χ0v) is 38.1. The highest BCUT2D eigenvalue weighted by Gasteiger charge is 2.36. The van der Waals surface area contributed by atoms with E-state index in [0.29, 0.717) is 24.5 Å². The molecule has 2 atom stereocenters. The first-order valence-electron chi connectivity index (χ1n) is 21.6. The van der Waals surface area contributed by atoms with Crippen LogP contribution in [0.5, 0.6) is 0 Å². The van der Waals surface area contributed by atoms with Crippen LogP contribution in [0.1, 0.15) is 86.7 Å². The van der Waals surface area contributed by atoms with Crippen LogP contribution in [0.25, 0.3) is 33.5 Å². The minimum Gasteiger partial charge on any atom is -0.357 e. The van der Waals surface area contributed by atoms with E-state index in [1.807, 2.05) is 90.1 Å². The molecular formula is C48H64N10O4. The van der Waals surface area contributed by atoms with Gasteiger partial charge in [0, 0.05) is 51.4 Å². The predicted molar refractivity (Wildman–Crippen MR) is 244 cm³/mol. The molecule has 2 aliphatic heterocycles. The van der Waals surface area contributed by atoms with E-state index in [-0.39, 0.29) is 23.6 Å². The van der Waals surface area contributed by atoms with Crippen LogP contribution in [0.4, 0.5) is 0 Å². The van der Waals surface area contributed by atoms with E-state index in [1.54, 1.807) is 14.1 Å². The number of rotatable bonds is 8. The average molecular weight is 845 g/mol. The predicted octanol–water partition coefficient (Wildman–Crippen LogP) is 5.71. The second-order valence-corrected chi connectivity index (χ2v) is 18.6. The molecule has 14 heteroatoms. The molecule has 0 saturated carbocycles. The molecule has 0 spiro atoms. The fourth-order valence-electron chi connectivity index (χ4n) is 8.28. The standard InChI is InChI=1S/C26H33N5O2.C22H31N5O2/c1-26(2,3)22(25(33)27-4)29-24(32)21-20-16-30(5)14-9-15-31(20)23(28-21)19-13-8-11-17-10-6-7-12-18(17)19;1-22(2,3)18(21(29)23-4)25-20(28)17-16-14-26(5)12-9-13-27(16)19(24-17)15-10-7-6-8-11-15/h6-8,10-13,22H,9,14-16H2,1-5H3,(H,27,33)(H,29,32);6-8,10-11,18H,9,12-14H2,1-5H3,(H,23,29)(H,25,28)/t22-;18-/m11/s1. The highest BCUT2D eigenvalue weighted by Crippen LogP contribution is 2.32. The Labute approximate surface area is 365 Å². The molecule has 4 N–H and O–H groups in total. The van der Waals surface area contributed by atoms with Gasteiger partial charge in [0.25, 0.3) is 11.8 Å². The van der Waals surface area contributed by atoms with Crippen molar-refractivity contribution in [2.75, 3.05) is 41.3 Å². The van der Waals surface area contributed by atoms with Crippen molar-refractivity contribution >= 4 is 34.4 Å². The van der Waals surface area contributed by atoms with Crippen molar-refractivity contribution in [3.05, 3.63) is 95.6 Å². The number of fused-ring (bicyclic) bond motifs is 3. The summed E-state index contributed by atoms with van der Waals surface area (Å²) < 4.78 is 4.34. The molecule has 2 aromatic heterocycles. The van der Waals surface area contributed by atoms with E-state index in [2.05, 4.69) is 78.6 Å². The number of benzene rings is 3. The highest BCUT2D eigenvalue weighted by atomic mass is 16.2. The zero-order valence-electron chi connectivity index (χ0n) is 38.1. The van der Waals surface area contributed by atoms with E-state index in [1.165, 1.54) is 0 Å². The number of nitrogens with zero attached hydrogens (tertiary/aromatic N) is 6. The Kier molecular flexibility index (Phi) is 14.0. The van der Waals surface area contributed by atoms with Crippen LogP contribution in [0.3, 0.4) is 0 Å². The SMILES string of the molecule is CNC(=O)[C@@H](NC(=O)c1nc(-c2cccc3ccccc23)n2c1CN(C)CCC2)C(C)(C)C.CNC(=O)[C@@H](NC(=O)c1nc(-c2ccccc2)n2c1CN(C)CCC2)C(C)(C)C. The van der Waals surface area contributed by atoms with Gasteiger partial charge in [-0.3, -0.25) is 19.2 Å². The maximum atomic E-state index is 13.5. The number of carbonyl (C=O) groups is 4. The monoisotopic (exact) mass is 845 g/mol. The summed E-state index contributed by atoms with van der Waals surface area (Å²) in [6.07, 6.45) is 1.96. The van der Waals surface area contributed by atoms with Crippen LogP contribution in [0, 0.1) is 10.8 Å². The van der Waals surface area contributed by atoms with Gasteiger partial charge >= 0.3 is 0 Å². The molecule has 4 heterocycles. The van der Waals surface area contributed by atoms with E-state index < -0.39 is 22.9 Å². The summed E-state index contributed by atoms with van der Waals surface area (Å²) >= 11 is 0. The van der Waals surface area contributed by atoms with Crippen molar-refractivity contribution in [2.45, 2.75) is 92.6 Å². The Bertz CT molecular complexity index is 2400. The van der Waals surface area contributed by atoms with Crippen molar-refractivity contribution < 1.29 is 19.2 Å². The number of hydrogen-bond donors (Lipinski definition) is 4. The summed E-state index contributed by atoms with van der Waals surface area (Å²) in [5.74, 6) is 0.547. The molecule has 4 amide bonds. The minimum atomic E-state index is -0.670. The quantitative estimate of drug-likeness (QED) is 0.155. The lowest BCUT2D eigenvalue weighted by atomic mass is 9.86. The van der Waals surface area contributed by atoms with Crippen molar-refractivity contribution in [3.63, 3.8) is 0 Å². The molecule has 0 unspecified atom stereocenters. The van der Waals surface area contributed by atoms with Crippen LogP contribution in [-0.4, -0.2) is 106 Å². The molecule has 0 radical (unpaired) electrons. The summed E-state index contributed by atoms with van der Waals surface area (Å²) in [6, 6.07) is 23.0. The molecule has 0 saturated heterocycles. The third-order valence-electron chi connectivity index (χ3n) is 11.6. The summed E-state index contributed by atoms with van der Waals surface area (Å²) in [5.41, 5.74) is 3.70. The third-order valence-corrected chi connectivity index (χ3v) is 11.6. The Morgan fingerprint density at radius 2 is 1.03 bits per heavy atom. The van der Waals surface area contributed by atoms with Gasteiger partial charge in [-0.15, -0.1) is 0 Å². The Morgan fingerprint density at radius 3 is 1.53 bits per heavy atom. The molecule has 330 valence electrons. The van der Waals surface area contributed by atoms with Crippen molar-refractivity contribution in [3.8, 4) is 22.8 Å². The molecule has 0 fully saturated rings. The van der Waals surface area contributed by atoms with Crippen LogP contribution >= 0.6 is 0 Å². The molecule has 0 aliphatic carbocycles. The van der Waals surface area contributed by atoms with Gasteiger partial charge in [-0.2, -0.15) is 0 Å².